The maximum Gasteiger partial charge on any atom is 0.149 e. The van der Waals surface area contributed by atoms with E-state index in [2.05, 4.69) is 6.58 Å². The summed E-state index contributed by atoms with van der Waals surface area (Å²) in [7, 11) is 0. The Bertz CT molecular complexity index is 350. The van der Waals surface area contributed by atoms with E-state index in [9.17, 15) is 8.78 Å². The van der Waals surface area contributed by atoms with Gasteiger partial charge in [0.2, 0.25) is 0 Å². The summed E-state index contributed by atoms with van der Waals surface area (Å²) in [6.45, 7) is 3.49. The first kappa shape index (κ1) is 10.7. The van der Waals surface area contributed by atoms with Crippen LogP contribution in [0, 0.1) is 11.6 Å². The van der Waals surface area contributed by atoms with Crippen molar-refractivity contribution in [2.75, 3.05) is 5.73 Å². The lowest BCUT2D eigenvalue weighted by molar-refractivity contribution is 0.577. The van der Waals surface area contributed by atoms with Crippen molar-refractivity contribution in [3.05, 3.63) is 42.0 Å². The molecule has 0 radical (unpaired) electrons. The Morgan fingerprint density at radius 2 is 2.07 bits per heavy atom. The molecule has 0 amide bonds. The second-order valence-corrected chi connectivity index (χ2v) is 3.02. The normalized spacial score (nSPS) is 12.5. The highest BCUT2D eigenvalue weighted by atomic mass is 19.1. The number of hydrogen-bond acceptors (Lipinski definition) is 2. The van der Waals surface area contributed by atoms with Crippen LogP contribution in [0.4, 0.5) is 14.5 Å². The fourth-order valence-corrected chi connectivity index (χ4v) is 1.22. The summed E-state index contributed by atoms with van der Waals surface area (Å²) in [5, 5.41) is 0. The molecule has 0 unspecified atom stereocenters. The molecule has 76 valence electrons. The number of benzene rings is 1. The van der Waals surface area contributed by atoms with Crippen LogP contribution < -0.4 is 11.5 Å². The Balaban J connectivity index is 3.12. The zero-order valence-electron chi connectivity index (χ0n) is 7.63. The summed E-state index contributed by atoms with van der Waals surface area (Å²) in [5.41, 5.74) is 11.3. The molecule has 2 nitrogen and oxygen atoms in total. The summed E-state index contributed by atoms with van der Waals surface area (Å²) in [6, 6.07) is 1.36. The zero-order chi connectivity index (χ0) is 10.7. The number of hydrogen-bond donors (Lipinski definition) is 2. The van der Waals surface area contributed by atoms with Gasteiger partial charge in [-0.25, -0.2) is 8.78 Å². The maximum atomic E-state index is 13.0. The minimum atomic E-state index is -0.778. The van der Waals surface area contributed by atoms with E-state index in [1.807, 2.05) is 0 Å². The van der Waals surface area contributed by atoms with Crippen molar-refractivity contribution in [1.82, 2.24) is 0 Å². The van der Waals surface area contributed by atoms with E-state index in [0.29, 0.717) is 6.42 Å². The van der Waals surface area contributed by atoms with Gasteiger partial charge in [-0.2, -0.15) is 0 Å². The number of nitrogen functional groups attached to an aromatic ring is 1. The van der Waals surface area contributed by atoms with Crippen LogP contribution in [-0.4, -0.2) is 0 Å². The first-order chi connectivity index (χ1) is 6.56. The Labute approximate surface area is 81.2 Å². The second kappa shape index (κ2) is 4.19. The third-order valence-electron chi connectivity index (χ3n) is 1.95. The Morgan fingerprint density at radius 3 is 2.64 bits per heavy atom. The van der Waals surface area contributed by atoms with Crippen molar-refractivity contribution in [2.24, 2.45) is 5.73 Å². The van der Waals surface area contributed by atoms with Gasteiger partial charge < -0.3 is 11.5 Å². The van der Waals surface area contributed by atoms with Gasteiger partial charge in [0, 0.05) is 12.1 Å². The summed E-state index contributed by atoms with van der Waals surface area (Å²) in [6.07, 6.45) is 2.00. The van der Waals surface area contributed by atoms with Crippen molar-refractivity contribution in [1.29, 1.82) is 0 Å². The SMILES string of the molecule is C=CC[C@H](N)c1cc(F)cc(F)c1N. The van der Waals surface area contributed by atoms with Crippen LogP contribution >= 0.6 is 0 Å². The molecule has 0 aliphatic rings. The van der Waals surface area contributed by atoms with Gasteiger partial charge in [0.25, 0.3) is 0 Å². The van der Waals surface area contributed by atoms with Crippen molar-refractivity contribution in [3.8, 4) is 0 Å². The van der Waals surface area contributed by atoms with E-state index < -0.39 is 17.7 Å². The molecule has 0 spiro atoms. The van der Waals surface area contributed by atoms with Gasteiger partial charge in [-0.15, -0.1) is 6.58 Å². The highest BCUT2D eigenvalue weighted by Gasteiger charge is 2.13. The van der Waals surface area contributed by atoms with E-state index in [-0.39, 0.29) is 11.3 Å². The monoisotopic (exact) mass is 198 g/mol. The van der Waals surface area contributed by atoms with E-state index in [1.54, 1.807) is 6.08 Å². The van der Waals surface area contributed by atoms with Gasteiger partial charge in [0.05, 0.1) is 5.69 Å². The lowest BCUT2D eigenvalue weighted by Crippen LogP contribution is -2.13. The summed E-state index contributed by atoms with van der Waals surface area (Å²) < 4.78 is 25.8. The molecule has 0 aliphatic carbocycles. The average Bonchev–Trinajstić information content (AvgIpc) is 2.11. The maximum absolute atomic E-state index is 13.0. The average molecular weight is 198 g/mol. The summed E-state index contributed by atoms with van der Waals surface area (Å²) >= 11 is 0. The first-order valence-electron chi connectivity index (χ1n) is 4.17. The number of anilines is 1. The van der Waals surface area contributed by atoms with Gasteiger partial charge >= 0.3 is 0 Å². The minimum absolute atomic E-state index is 0.0965. The van der Waals surface area contributed by atoms with Gasteiger partial charge in [-0.3, -0.25) is 0 Å². The molecular formula is C10H12F2N2. The Morgan fingerprint density at radius 1 is 1.43 bits per heavy atom. The first-order valence-corrected chi connectivity index (χ1v) is 4.17. The predicted octanol–water partition coefficient (Wildman–Crippen LogP) is 2.12. The minimum Gasteiger partial charge on any atom is -0.396 e. The smallest absolute Gasteiger partial charge is 0.149 e. The van der Waals surface area contributed by atoms with Gasteiger partial charge in [0.15, 0.2) is 0 Å². The predicted molar refractivity (Wildman–Crippen MR) is 52.5 cm³/mol. The molecule has 14 heavy (non-hydrogen) atoms. The fraction of sp³-hybridized carbons (Fsp3) is 0.200. The van der Waals surface area contributed by atoms with Crippen LogP contribution in [0.25, 0.3) is 0 Å². The van der Waals surface area contributed by atoms with Crippen molar-refractivity contribution < 1.29 is 8.78 Å². The van der Waals surface area contributed by atoms with Crippen LogP contribution in [-0.2, 0) is 0 Å². The molecule has 0 aromatic heterocycles. The van der Waals surface area contributed by atoms with Crippen LogP contribution in [0.15, 0.2) is 24.8 Å². The second-order valence-electron chi connectivity index (χ2n) is 3.02. The van der Waals surface area contributed by atoms with Crippen LogP contribution in [0.3, 0.4) is 0 Å². The highest BCUT2D eigenvalue weighted by molar-refractivity contribution is 5.50. The van der Waals surface area contributed by atoms with Gasteiger partial charge in [0.1, 0.15) is 11.6 Å². The zero-order valence-corrected chi connectivity index (χ0v) is 7.63. The molecule has 4 N–H and O–H groups in total. The van der Waals surface area contributed by atoms with Gasteiger partial charge in [-0.1, -0.05) is 6.08 Å². The number of rotatable bonds is 3. The number of nitrogens with two attached hydrogens (primary N) is 2. The van der Waals surface area contributed by atoms with E-state index in [4.69, 9.17) is 11.5 Å². The summed E-state index contributed by atoms with van der Waals surface area (Å²) in [4.78, 5) is 0. The topological polar surface area (TPSA) is 52.0 Å². The largest absolute Gasteiger partial charge is 0.396 e. The lowest BCUT2D eigenvalue weighted by atomic mass is 10.0. The standard InChI is InChI=1S/C10H12F2N2/c1-2-3-9(13)7-4-6(11)5-8(12)10(7)14/h2,4-5,9H,1,3,13-14H2/t9-/m0/s1. The molecule has 1 atom stereocenters. The highest BCUT2D eigenvalue weighted by Crippen LogP contribution is 2.25. The van der Waals surface area contributed by atoms with Crippen molar-refractivity contribution >= 4 is 5.69 Å². The van der Waals surface area contributed by atoms with E-state index in [0.717, 1.165) is 12.1 Å². The molecule has 1 rings (SSSR count). The fourth-order valence-electron chi connectivity index (χ4n) is 1.22. The van der Waals surface area contributed by atoms with Crippen molar-refractivity contribution in [2.45, 2.75) is 12.5 Å². The lowest BCUT2D eigenvalue weighted by Gasteiger charge is -2.12. The Kier molecular flexibility index (Phi) is 3.19. The molecule has 4 heteroatoms. The van der Waals surface area contributed by atoms with Gasteiger partial charge in [-0.05, 0) is 18.1 Å². The molecule has 0 aliphatic heterocycles. The summed E-state index contributed by atoms with van der Waals surface area (Å²) in [5.74, 6) is -1.45. The quantitative estimate of drug-likeness (QED) is 0.577. The molecule has 0 saturated heterocycles. The third-order valence-corrected chi connectivity index (χ3v) is 1.95. The Hall–Kier alpha value is -1.42. The third kappa shape index (κ3) is 2.09. The molecule has 0 saturated carbocycles. The number of halogens is 2. The van der Waals surface area contributed by atoms with Crippen LogP contribution in [0.1, 0.15) is 18.0 Å². The van der Waals surface area contributed by atoms with E-state index >= 15 is 0 Å². The van der Waals surface area contributed by atoms with E-state index in [1.165, 1.54) is 0 Å². The van der Waals surface area contributed by atoms with Crippen LogP contribution in [0.2, 0.25) is 0 Å². The molecule has 0 fully saturated rings. The molecule has 1 aromatic carbocycles. The molecule has 0 heterocycles. The van der Waals surface area contributed by atoms with Crippen LogP contribution in [0.5, 0.6) is 0 Å². The molecule has 0 bridgehead atoms. The van der Waals surface area contributed by atoms with Crippen molar-refractivity contribution in [3.63, 3.8) is 0 Å². The molecule has 1 aromatic rings. The molecular weight excluding hydrogens is 186 g/mol.